The Morgan fingerprint density at radius 1 is 1.21 bits per heavy atom. The fourth-order valence-electron chi connectivity index (χ4n) is 3.57. The van der Waals surface area contributed by atoms with Gasteiger partial charge in [0.25, 0.3) is 0 Å². The SMILES string of the molecule is O=S1(=O)[C@H]2CON(c3ccccc3)[C@H]2[C@@H]2CCCN21. The van der Waals surface area contributed by atoms with E-state index in [-0.39, 0.29) is 18.7 Å². The number of para-hydroxylation sites is 1. The highest BCUT2D eigenvalue weighted by Crippen LogP contribution is 2.43. The molecule has 5 nitrogen and oxygen atoms in total. The molecule has 0 saturated carbocycles. The van der Waals surface area contributed by atoms with E-state index in [0.29, 0.717) is 6.54 Å². The molecular formula is C13H16N2O3S. The monoisotopic (exact) mass is 280 g/mol. The third kappa shape index (κ3) is 1.50. The van der Waals surface area contributed by atoms with E-state index in [1.807, 2.05) is 35.4 Å². The van der Waals surface area contributed by atoms with Gasteiger partial charge in [-0.15, -0.1) is 0 Å². The van der Waals surface area contributed by atoms with Gasteiger partial charge in [0.2, 0.25) is 10.0 Å². The van der Waals surface area contributed by atoms with E-state index >= 15 is 0 Å². The first-order valence-electron chi connectivity index (χ1n) is 6.67. The number of hydrogen-bond acceptors (Lipinski definition) is 4. The molecule has 3 heterocycles. The molecule has 3 fully saturated rings. The molecule has 0 amide bonds. The summed E-state index contributed by atoms with van der Waals surface area (Å²) in [4.78, 5) is 5.68. The molecule has 3 atom stereocenters. The van der Waals surface area contributed by atoms with E-state index < -0.39 is 15.3 Å². The second-order valence-electron chi connectivity index (χ2n) is 5.35. The van der Waals surface area contributed by atoms with Crippen molar-refractivity contribution in [2.24, 2.45) is 0 Å². The highest BCUT2D eigenvalue weighted by Gasteiger charge is 2.60. The minimum atomic E-state index is -3.18. The maximum atomic E-state index is 12.5. The van der Waals surface area contributed by atoms with Gasteiger partial charge in [-0.2, -0.15) is 4.31 Å². The summed E-state index contributed by atoms with van der Waals surface area (Å²) in [6.45, 7) is 0.942. The zero-order valence-electron chi connectivity index (χ0n) is 10.5. The molecule has 3 aliphatic heterocycles. The first kappa shape index (κ1) is 11.7. The summed E-state index contributed by atoms with van der Waals surface area (Å²) in [5, 5.41) is 1.41. The van der Waals surface area contributed by atoms with Crippen molar-refractivity contribution in [3.63, 3.8) is 0 Å². The molecule has 102 valence electrons. The van der Waals surface area contributed by atoms with E-state index in [1.54, 1.807) is 4.31 Å². The Hall–Kier alpha value is -1.11. The van der Waals surface area contributed by atoms with Crippen molar-refractivity contribution < 1.29 is 13.3 Å². The fraction of sp³-hybridized carbons (Fsp3) is 0.538. The number of fused-ring (bicyclic) bond motifs is 3. The summed E-state index contributed by atoms with van der Waals surface area (Å²) >= 11 is 0. The van der Waals surface area contributed by atoms with Gasteiger partial charge in [-0.25, -0.2) is 13.5 Å². The lowest BCUT2D eigenvalue weighted by atomic mass is 10.0. The predicted molar refractivity (Wildman–Crippen MR) is 71.1 cm³/mol. The normalized spacial score (nSPS) is 36.4. The number of rotatable bonds is 1. The van der Waals surface area contributed by atoms with Crippen LogP contribution in [0.4, 0.5) is 5.69 Å². The lowest BCUT2D eigenvalue weighted by Crippen LogP contribution is -2.41. The molecule has 4 rings (SSSR count). The van der Waals surface area contributed by atoms with E-state index in [1.165, 1.54) is 0 Å². The Labute approximate surface area is 112 Å². The van der Waals surface area contributed by atoms with Gasteiger partial charge in [0, 0.05) is 12.6 Å². The van der Waals surface area contributed by atoms with E-state index in [2.05, 4.69) is 0 Å². The molecule has 6 heteroatoms. The van der Waals surface area contributed by atoms with Crippen LogP contribution in [0.2, 0.25) is 0 Å². The van der Waals surface area contributed by atoms with Crippen molar-refractivity contribution in [1.29, 1.82) is 0 Å². The number of nitrogens with zero attached hydrogens (tertiary/aromatic N) is 2. The maximum absolute atomic E-state index is 12.5. The van der Waals surface area contributed by atoms with Crippen LogP contribution in [0.5, 0.6) is 0 Å². The quantitative estimate of drug-likeness (QED) is 0.769. The number of hydroxylamine groups is 1. The highest BCUT2D eigenvalue weighted by atomic mass is 32.2. The molecule has 3 aliphatic rings. The van der Waals surface area contributed by atoms with E-state index in [4.69, 9.17) is 4.84 Å². The summed E-state index contributed by atoms with van der Waals surface area (Å²) < 4.78 is 26.6. The Balaban J connectivity index is 1.75. The lowest BCUT2D eigenvalue weighted by molar-refractivity contribution is 0.146. The standard InChI is InChI=1S/C13H16N2O3S/c16-19(17)12-9-18-15(10-5-2-1-3-6-10)13(12)11-7-4-8-14(11)19/h1-3,5-6,11-13H,4,7-9H2/t11-,12-,13-/m0/s1. The van der Waals surface area contributed by atoms with Gasteiger partial charge in [0.15, 0.2) is 0 Å². The summed E-state index contributed by atoms with van der Waals surface area (Å²) in [6.07, 6.45) is 1.89. The molecule has 0 N–H and O–H groups in total. The third-order valence-corrected chi connectivity index (χ3v) is 6.68. The Morgan fingerprint density at radius 2 is 2.00 bits per heavy atom. The van der Waals surface area contributed by atoms with Crippen molar-refractivity contribution in [3.8, 4) is 0 Å². The largest absolute Gasteiger partial charge is 0.272 e. The Bertz CT molecular complexity index is 589. The molecule has 1 aromatic rings. The number of anilines is 1. The third-order valence-electron chi connectivity index (χ3n) is 4.39. The van der Waals surface area contributed by atoms with Crippen molar-refractivity contribution in [2.45, 2.75) is 30.2 Å². The molecule has 19 heavy (non-hydrogen) atoms. The van der Waals surface area contributed by atoms with Crippen LogP contribution in [0.3, 0.4) is 0 Å². The number of sulfonamides is 1. The maximum Gasteiger partial charge on any atom is 0.221 e. The van der Waals surface area contributed by atoms with Crippen LogP contribution in [-0.4, -0.2) is 43.2 Å². The number of hydrogen-bond donors (Lipinski definition) is 0. The summed E-state index contributed by atoms with van der Waals surface area (Å²) in [7, 11) is -3.18. The zero-order valence-corrected chi connectivity index (χ0v) is 11.3. The molecule has 0 bridgehead atoms. The minimum absolute atomic E-state index is 0.0603. The summed E-state index contributed by atoms with van der Waals surface area (Å²) in [6, 6.07) is 9.79. The molecule has 1 aromatic carbocycles. The predicted octanol–water partition coefficient (Wildman–Crippen LogP) is 0.983. The average Bonchev–Trinajstić information content (AvgIpc) is 3.09. The van der Waals surface area contributed by atoms with Crippen molar-refractivity contribution in [3.05, 3.63) is 30.3 Å². The van der Waals surface area contributed by atoms with Crippen LogP contribution in [0.1, 0.15) is 12.8 Å². The van der Waals surface area contributed by atoms with Gasteiger partial charge in [-0.3, -0.25) is 4.84 Å². The smallest absolute Gasteiger partial charge is 0.221 e. The Morgan fingerprint density at radius 3 is 2.79 bits per heavy atom. The zero-order chi connectivity index (χ0) is 13.0. The van der Waals surface area contributed by atoms with Crippen molar-refractivity contribution in [1.82, 2.24) is 4.31 Å². The van der Waals surface area contributed by atoms with Crippen LogP contribution in [-0.2, 0) is 14.9 Å². The molecular weight excluding hydrogens is 264 g/mol. The van der Waals surface area contributed by atoms with Gasteiger partial charge in [-0.1, -0.05) is 18.2 Å². The second-order valence-corrected chi connectivity index (χ2v) is 7.46. The molecule has 3 saturated heterocycles. The van der Waals surface area contributed by atoms with Crippen LogP contribution in [0.25, 0.3) is 0 Å². The van der Waals surface area contributed by atoms with Crippen molar-refractivity contribution >= 4 is 15.7 Å². The molecule has 0 aliphatic carbocycles. The van der Waals surface area contributed by atoms with Gasteiger partial charge in [0.05, 0.1) is 18.3 Å². The lowest BCUT2D eigenvalue weighted by Gasteiger charge is -2.27. The highest BCUT2D eigenvalue weighted by molar-refractivity contribution is 7.90. The van der Waals surface area contributed by atoms with Crippen LogP contribution < -0.4 is 5.06 Å². The molecule has 0 radical (unpaired) electrons. The minimum Gasteiger partial charge on any atom is -0.272 e. The molecule has 0 spiro atoms. The van der Waals surface area contributed by atoms with Gasteiger partial charge in [-0.05, 0) is 25.0 Å². The Kier molecular flexibility index (Phi) is 2.43. The molecule has 0 unspecified atom stereocenters. The second kappa shape index (κ2) is 3.94. The topological polar surface area (TPSA) is 49.9 Å². The van der Waals surface area contributed by atoms with Gasteiger partial charge < -0.3 is 0 Å². The van der Waals surface area contributed by atoms with Crippen LogP contribution in [0, 0.1) is 0 Å². The average molecular weight is 280 g/mol. The number of benzene rings is 1. The van der Waals surface area contributed by atoms with E-state index in [0.717, 1.165) is 18.5 Å². The fourth-order valence-corrected chi connectivity index (χ4v) is 5.79. The first-order valence-corrected chi connectivity index (χ1v) is 8.18. The summed E-state index contributed by atoms with van der Waals surface area (Å²) in [5.41, 5.74) is 0.943. The summed E-state index contributed by atoms with van der Waals surface area (Å²) in [5.74, 6) is 0. The van der Waals surface area contributed by atoms with Crippen LogP contribution >= 0.6 is 0 Å². The van der Waals surface area contributed by atoms with Gasteiger partial charge >= 0.3 is 0 Å². The first-order chi connectivity index (χ1) is 9.19. The molecule has 0 aromatic heterocycles. The van der Waals surface area contributed by atoms with Crippen LogP contribution in [0.15, 0.2) is 30.3 Å². The van der Waals surface area contributed by atoms with Gasteiger partial charge in [0.1, 0.15) is 5.25 Å². The van der Waals surface area contributed by atoms with Crippen molar-refractivity contribution in [2.75, 3.05) is 18.2 Å². The van der Waals surface area contributed by atoms with E-state index in [9.17, 15) is 8.42 Å².